The number of ether oxygens (including phenoxy) is 2. The highest BCUT2D eigenvalue weighted by Crippen LogP contribution is 2.34. The van der Waals surface area contributed by atoms with Crippen LogP contribution in [0.5, 0.6) is 0 Å². The second kappa shape index (κ2) is 3.44. The highest BCUT2D eigenvalue weighted by Gasteiger charge is 2.46. The van der Waals surface area contributed by atoms with Gasteiger partial charge in [-0.2, -0.15) is 0 Å². The van der Waals surface area contributed by atoms with Crippen LogP contribution in [-0.2, 0) is 19.1 Å². The topological polar surface area (TPSA) is 52.6 Å². The van der Waals surface area contributed by atoms with Gasteiger partial charge in [0, 0.05) is 0 Å². The highest BCUT2D eigenvalue weighted by molar-refractivity contribution is 6.27. The summed E-state index contributed by atoms with van der Waals surface area (Å²) in [6.45, 7) is 7.63. The molecule has 1 unspecified atom stereocenters. The first kappa shape index (κ1) is 11.3. The Morgan fingerprint density at radius 3 is 2.29 bits per heavy atom. The van der Waals surface area contributed by atoms with E-state index in [1.807, 2.05) is 27.7 Å². The van der Waals surface area contributed by atoms with E-state index in [1.165, 1.54) is 0 Å². The molecule has 0 amide bonds. The Morgan fingerprint density at radius 1 is 1.29 bits per heavy atom. The maximum absolute atomic E-state index is 11.1. The summed E-state index contributed by atoms with van der Waals surface area (Å²) in [5, 5.41) is 0. The Morgan fingerprint density at radius 2 is 1.86 bits per heavy atom. The van der Waals surface area contributed by atoms with Crippen LogP contribution in [0.1, 0.15) is 27.7 Å². The SMILES string of the molecule is CC1(C)OCC(C(=O)C=O)OC1(C)C. The van der Waals surface area contributed by atoms with E-state index in [-0.39, 0.29) is 12.9 Å². The third-order valence-corrected chi connectivity index (χ3v) is 2.92. The molecule has 1 saturated heterocycles. The van der Waals surface area contributed by atoms with Gasteiger partial charge in [0.05, 0.1) is 17.8 Å². The number of carbonyl (C=O) groups is 2. The molecule has 4 nitrogen and oxygen atoms in total. The van der Waals surface area contributed by atoms with E-state index in [9.17, 15) is 9.59 Å². The summed E-state index contributed by atoms with van der Waals surface area (Å²) >= 11 is 0. The smallest absolute Gasteiger partial charge is 0.226 e. The van der Waals surface area contributed by atoms with Crippen LogP contribution in [0.2, 0.25) is 0 Å². The molecule has 0 spiro atoms. The summed E-state index contributed by atoms with van der Waals surface area (Å²) < 4.78 is 11.0. The minimum atomic E-state index is -0.754. The van der Waals surface area contributed by atoms with Crippen LogP contribution in [0.3, 0.4) is 0 Å². The summed E-state index contributed by atoms with van der Waals surface area (Å²) in [7, 11) is 0. The largest absolute Gasteiger partial charge is 0.369 e. The van der Waals surface area contributed by atoms with Crippen molar-refractivity contribution in [1.82, 2.24) is 0 Å². The van der Waals surface area contributed by atoms with Crippen LogP contribution < -0.4 is 0 Å². The number of carbonyl (C=O) groups excluding carboxylic acids is 2. The highest BCUT2D eigenvalue weighted by atomic mass is 16.6. The van der Waals surface area contributed by atoms with Crippen LogP contribution in [0.25, 0.3) is 0 Å². The summed E-state index contributed by atoms with van der Waals surface area (Å²) in [6.07, 6.45) is -0.474. The number of hydrogen-bond acceptors (Lipinski definition) is 4. The van der Waals surface area contributed by atoms with Crippen molar-refractivity contribution < 1.29 is 19.1 Å². The van der Waals surface area contributed by atoms with Gasteiger partial charge in [0.25, 0.3) is 0 Å². The van der Waals surface area contributed by atoms with Crippen LogP contribution in [0.4, 0.5) is 0 Å². The Bertz CT molecular complexity index is 255. The minimum Gasteiger partial charge on any atom is -0.369 e. The van der Waals surface area contributed by atoms with Crippen molar-refractivity contribution in [3.63, 3.8) is 0 Å². The first-order valence-electron chi connectivity index (χ1n) is 4.61. The van der Waals surface area contributed by atoms with Gasteiger partial charge in [0.2, 0.25) is 5.78 Å². The maximum Gasteiger partial charge on any atom is 0.226 e. The van der Waals surface area contributed by atoms with E-state index in [0.717, 1.165) is 0 Å². The Labute approximate surface area is 83.6 Å². The van der Waals surface area contributed by atoms with Crippen LogP contribution in [0.15, 0.2) is 0 Å². The lowest BCUT2D eigenvalue weighted by atomic mass is 9.87. The lowest BCUT2D eigenvalue weighted by molar-refractivity contribution is -0.255. The quantitative estimate of drug-likeness (QED) is 0.487. The molecule has 0 aromatic heterocycles. The molecular weight excluding hydrogens is 184 g/mol. The van der Waals surface area contributed by atoms with Gasteiger partial charge in [-0.05, 0) is 27.7 Å². The molecular formula is C10H16O4. The number of rotatable bonds is 2. The second-order valence-electron chi connectivity index (χ2n) is 4.46. The van der Waals surface area contributed by atoms with Crippen LogP contribution >= 0.6 is 0 Å². The van der Waals surface area contributed by atoms with Gasteiger partial charge in [-0.1, -0.05) is 0 Å². The molecule has 1 aliphatic rings. The molecule has 4 heteroatoms. The van der Waals surface area contributed by atoms with E-state index in [0.29, 0.717) is 0 Å². The maximum atomic E-state index is 11.1. The molecule has 0 bridgehead atoms. The van der Waals surface area contributed by atoms with Crippen molar-refractivity contribution in [3.05, 3.63) is 0 Å². The zero-order valence-corrected chi connectivity index (χ0v) is 8.99. The number of hydrogen-bond donors (Lipinski definition) is 0. The van der Waals surface area contributed by atoms with E-state index in [2.05, 4.69) is 0 Å². The molecule has 14 heavy (non-hydrogen) atoms. The lowest BCUT2D eigenvalue weighted by Crippen LogP contribution is -2.58. The van der Waals surface area contributed by atoms with E-state index < -0.39 is 23.1 Å². The fourth-order valence-corrected chi connectivity index (χ4v) is 1.21. The fraction of sp³-hybridized carbons (Fsp3) is 0.800. The Hall–Kier alpha value is -0.740. The molecule has 1 rings (SSSR count). The molecule has 1 aliphatic heterocycles. The fourth-order valence-electron chi connectivity index (χ4n) is 1.21. The first-order chi connectivity index (χ1) is 6.30. The summed E-state index contributed by atoms with van der Waals surface area (Å²) in [5.74, 6) is -0.562. The number of ketones is 1. The van der Waals surface area contributed by atoms with Gasteiger partial charge in [-0.25, -0.2) is 0 Å². The number of aldehydes is 1. The summed E-state index contributed by atoms with van der Waals surface area (Å²) in [5.41, 5.74) is -1.03. The number of Topliss-reactive ketones (excluding diaryl/α,β-unsaturated/α-hetero) is 1. The molecule has 1 heterocycles. The molecule has 1 atom stereocenters. The first-order valence-corrected chi connectivity index (χ1v) is 4.61. The van der Waals surface area contributed by atoms with Crippen LogP contribution in [0, 0.1) is 0 Å². The van der Waals surface area contributed by atoms with Crippen molar-refractivity contribution in [2.75, 3.05) is 6.61 Å². The predicted octanol–water partition coefficient (Wildman–Crippen LogP) is 0.727. The van der Waals surface area contributed by atoms with Gasteiger partial charge in [-0.15, -0.1) is 0 Å². The van der Waals surface area contributed by atoms with E-state index in [4.69, 9.17) is 9.47 Å². The second-order valence-corrected chi connectivity index (χ2v) is 4.46. The van der Waals surface area contributed by atoms with Gasteiger partial charge in [0.1, 0.15) is 6.10 Å². The Kier molecular flexibility index (Phi) is 2.78. The van der Waals surface area contributed by atoms with Crippen LogP contribution in [-0.4, -0.2) is 36.0 Å². The lowest BCUT2D eigenvalue weighted by Gasteiger charge is -2.47. The molecule has 80 valence electrons. The minimum absolute atomic E-state index is 0.147. The van der Waals surface area contributed by atoms with Crippen molar-refractivity contribution in [2.24, 2.45) is 0 Å². The van der Waals surface area contributed by atoms with Crippen molar-refractivity contribution in [1.29, 1.82) is 0 Å². The monoisotopic (exact) mass is 200 g/mol. The van der Waals surface area contributed by atoms with Gasteiger partial charge in [0.15, 0.2) is 6.29 Å². The zero-order valence-electron chi connectivity index (χ0n) is 8.99. The average Bonchev–Trinajstić information content (AvgIpc) is 2.08. The van der Waals surface area contributed by atoms with Gasteiger partial charge >= 0.3 is 0 Å². The summed E-state index contributed by atoms with van der Waals surface area (Å²) in [4.78, 5) is 21.4. The molecule has 0 aliphatic carbocycles. The normalized spacial score (nSPS) is 29.6. The van der Waals surface area contributed by atoms with E-state index in [1.54, 1.807) is 0 Å². The molecule has 0 aromatic rings. The molecule has 0 radical (unpaired) electrons. The van der Waals surface area contributed by atoms with Crippen molar-refractivity contribution >= 4 is 12.1 Å². The Balaban J connectivity index is 2.77. The van der Waals surface area contributed by atoms with E-state index >= 15 is 0 Å². The molecule has 0 N–H and O–H groups in total. The zero-order chi connectivity index (χ0) is 11.0. The third kappa shape index (κ3) is 1.86. The third-order valence-electron chi connectivity index (χ3n) is 2.92. The van der Waals surface area contributed by atoms with Gasteiger partial charge < -0.3 is 9.47 Å². The molecule has 1 fully saturated rings. The predicted molar refractivity (Wildman–Crippen MR) is 50.1 cm³/mol. The van der Waals surface area contributed by atoms with Crippen molar-refractivity contribution in [3.8, 4) is 0 Å². The molecule has 0 aromatic carbocycles. The van der Waals surface area contributed by atoms with Gasteiger partial charge in [-0.3, -0.25) is 9.59 Å². The van der Waals surface area contributed by atoms with Crippen molar-refractivity contribution in [2.45, 2.75) is 45.0 Å². The standard InChI is InChI=1S/C10H16O4/c1-9(2)10(3,4)14-8(6-13-9)7(12)5-11/h5,8H,6H2,1-4H3. The summed E-state index contributed by atoms with van der Waals surface area (Å²) in [6, 6.07) is 0. The molecule has 0 saturated carbocycles. The average molecular weight is 200 g/mol.